The molecule has 0 bridgehead atoms. The van der Waals surface area contributed by atoms with Gasteiger partial charge in [-0.3, -0.25) is 0 Å². The summed E-state index contributed by atoms with van der Waals surface area (Å²) in [7, 11) is 3.31. The molecule has 1 fully saturated rings. The van der Waals surface area contributed by atoms with Crippen LogP contribution in [0.25, 0.3) is 10.2 Å². The molecular weight excluding hydrogens is 444 g/mol. The molecule has 1 aliphatic rings. The molecule has 0 amide bonds. The summed E-state index contributed by atoms with van der Waals surface area (Å²) in [6.45, 7) is 5.54. The molecule has 2 heterocycles. The van der Waals surface area contributed by atoms with Gasteiger partial charge in [0.25, 0.3) is 0 Å². The topological polar surface area (TPSA) is 72.6 Å². The van der Waals surface area contributed by atoms with Crippen LogP contribution in [0.1, 0.15) is 54.8 Å². The number of fused-ring (bicyclic) bond motifs is 1. The SMILES string of the molecule is CCc1ccc2nc(C(N/C=C(\N)CCN3CCCCC3)c3ccc(OC)c(OC)c3)sc2c1. The molecule has 3 aromatic rings. The molecule has 1 atom stereocenters. The first kappa shape index (κ1) is 24.4. The first-order valence-electron chi connectivity index (χ1n) is 12.2. The molecule has 0 aliphatic carbocycles. The van der Waals surface area contributed by atoms with Gasteiger partial charge in [0, 0.05) is 24.9 Å². The highest BCUT2D eigenvalue weighted by Crippen LogP contribution is 2.35. The highest BCUT2D eigenvalue weighted by Gasteiger charge is 2.20. The summed E-state index contributed by atoms with van der Waals surface area (Å²) in [6.07, 6.45) is 7.75. The van der Waals surface area contributed by atoms with Crippen LogP contribution in [0, 0.1) is 0 Å². The highest BCUT2D eigenvalue weighted by atomic mass is 32.1. The number of piperidine rings is 1. The van der Waals surface area contributed by atoms with E-state index in [-0.39, 0.29) is 6.04 Å². The second kappa shape index (κ2) is 11.6. The van der Waals surface area contributed by atoms with Gasteiger partial charge in [0.15, 0.2) is 11.5 Å². The molecule has 0 saturated carbocycles. The second-order valence-electron chi connectivity index (χ2n) is 8.79. The predicted molar refractivity (Wildman–Crippen MR) is 141 cm³/mol. The molecule has 3 N–H and O–H groups in total. The third-order valence-electron chi connectivity index (χ3n) is 6.47. The lowest BCUT2D eigenvalue weighted by molar-refractivity contribution is 0.231. The first-order chi connectivity index (χ1) is 16.6. The van der Waals surface area contributed by atoms with Gasteiger partial charge < -0.3 is 25.4 Å². The monoisotopic (exact) mass is 480 g/mol. The standard InChI is InChI=1S/C27H36N4O2S/c1-4-19-8-10-22-25(16-19)34-27(30-22)26(20-9-11-23(32-2)24(17-20)33-3)29-18-21(28)12-15-31-13-6-5-7-14-31/h8-11,16-18,26,29H,4-7,12-15,28H2,1-3H3/b21-18-. The number of thiazole rings is 1. The van der Waals surface area contributed by atoms with E-state index in [1.54, 1.807) is 25.6 Å². The number of hydrogen-bond donors (Lipinski definition) is 2. The van der Waals surface area contributed by atoms with Crippen molar-refractivity contribution in [3.8, 4) is 11.5 Å². The van der Waals surface area contributed by atoms with Gasteiger partial charge in [-0.15, -0.1) is 11.3 Å². The van der Waals surface area contributed by atoms with E-state index in [0.29, 0.717) is 11.5 Å². The third-order valence-corrected chi connectivity index (χ3v) is 7.55. The Morgan fingerprint density at radius 2 is 1.91 bits per heavy atom. The highest BCUT2D eigenvalue weighted by molar-refractivity contribution is 7.18. The lowest BCUT2D eigenvalue weighted by atomic mass is 10.1. The predicted octanol–water partition coefficient (Wildman–Crippen LogP) is 5.23. The molecule has 4 rings (SSSR count). The first-order valence-corrected chi connectivity index (χ1v) is 13.0. The van der Waals surface area contributed by atoms with Crippen molar-refractivity contribution < 1.29 is 9.47 Å². The molecule has 182 valence electrons. The lowest BCUT2D eigenvalue weighted by Gasteiger charge is -2.26. The Morgan fingerprint density at radius 1 is 1.12 bits per heavy atom. The van der Waals surface area contributed by atoms with Crippen molar-refractivity contribution in [3.05, 3.63) is 64.4 Å². The second-order valence-corrected chi connectivity index (χ2v) is 9.86. The van der Waals surface area contributed by atoms with E-state index in [9.17, 15) is 0 Å². The number of likely N-dealkylation sites (tertiary alicyclic amines) is 1. The number of methoxy groups -OCH3 is 2. The molecule has 0 radical (unpaired) electrons. The van der Waals surface area contributed by atoms with Crippen LogP contribution in [-0.2, 0) is 6.42 Å². The van der Waals surface area contributed by atoms with Gasteiger partial charge in [-0.25, -0.2) is 4.98 Å². The molecule has 1 aromatic heterocycles. The van der Waals surface area contributed by atoms with Crippen LogP contribution in [0.4, 0.5) is 0 Å². The maximum Gasteiger partial charge on any atom is 0.161 e. The maximum absolute atomic E-state index is 6.42. The number of ether oxygens (including phenoxy) is 2. The molecule has 1 unspecified atom stereocenters. The molecular formula is C27H36N4O2S. The number of aryl methyl sites for hydroxylation is 1. The van der Waals surface area contributed by atoms with Crippen molar-refractivity contribution in [3.63, 3.8) is 0 Å². The van der Waals surface area contributed by atoms with E-state index in [4.69, 9.17) is 20.2 Å². The van der Waals surface area contributed by atoms with Gasteiger partial charge in [0.2, 0.25) is 0 Å². The Morgan fingerprint density at radius 3 is 2.65 bits per heavy atom. The van der Waals surface area contributed by atoms with E-state index >= 15 is 0 Å². The zero-order chi connectivity index (χ0) is 23.9. The fraction of sp³-hybridized carbons (Fsp3) is 0.444. The summed E-state index contributed by atoms with van der Waals surface area (Å²) in [4.78, 5) is 7.47. The number of nitrogens with zero attached hydrogens (tertiary/aromatic N) is 2. The van der Waals surface area contributed by atoms with Crippen molar-refractivity contribution in [2.45, 2.75) is 45.1 Å². The fourth-order valence-corrected chi connectivity index (χ4v) is 5.53. The molecule has 7 heteroatoms. The fourth-order valence-electron chi connectivity index (χ4n) is 4.41. The van der Waals surface area contributed by atoms with Crippen LogP contribution in [0.5, 0.6) is 11.5 Å². The van der Waals surface area contributed by atoms with Crippen LogP contribution in [0.3, 0.4) is 0 Å². The van der Waals surface area contributed by atoms with E-state index in [0.717, 1.165) is 41.2 Å². The molecule has 1 saturated heterocycles. The van der Waals surface area contributed by atoms with Crippen molar-refractivity contribution in [2.24, 2.45) is 5.73 Å². The number of hydrogen-bond acceptors (Lipinski definition) is 7. The largest absolute Gasteiger partial charge is 0.493 e. The lowest BCUT2D eigenvalue weighted by Crippen LogP contribution is -2.31. The number of benzene rings is 2. The Kier molecular flexibility index (Phi) is 8.29. The third kappa shape index (κ3) is 5.83. The minimum atomic E-state index is -0.143. The van der Waals surface area contributed by atoms with Crippen LogP contribution in [0.2, 0.25) is 0 Å². The maximum atomic E-state index is 6.42. The summed E-state index contributed by atoms with van der Waals surface area (Å²) in [6, 6.07) is 12.4. The van der Waals surface area contributed by atoms with Crippen LogP contribution in [0.15, 0.2) is 48.3 Å². The van der Waals surface area contributed by atoms with E-state index in [1.165, 1.54) is 42.6 Å². The van der Waals surface area contributed by atoms with Crippen LogP contribution in [-0.4, -0.2) is 43.7 Å². The number of nitrogens with one attached hydrogen (secondary N) is 1. The summed E-state index contributed by atoms with van der Waals surface area (Å²) in [5.74, 6) is 1.40. The summed E-state index contributed by atoms with van der Waals surface area (Å²) >= 11 is 1.72. The normalized spacial score (nSPS) is 15.9. The Bertz CT molecular complexity index is 1120. The average molecular weight is 481 g/mol. The van der Waals surface area contributed by atoms with Crippen LogP contribution >= 0.6 is 11.3 Å². The molecule has 1 aliphatic heterocycles. The van der Waals surface area contributed by atoms with Gasteiger partial charge in [0.1, 0.15) is 11.0 Å². The van der Waals surface area contributed by atoms with Crippen molar-refractivity contribution in [1.82, 2.24) is 15.2 Å². The smallest absolute Gasteiger partial charge is 0.161 e. The minimum absolute atomic E-state index is 0.143. The van der Waals surface area contributed by atoms with Crippen molar-refractivity contribution in [2.75, 3.05) is 33.9 Å². The van der Waals surface area contributed by atoms with E-state index < -0.39 is 0 Å². The number of rotatable bonds is 10. The molecule has 6 nitrogen and oxygen atoms in total. The Labute approximate surface area is 206 Å². The van der Waals surface area contributed by atoms with Crippen LogP contribution < -0.4 is 20.5 Å². The Balaban J connectivity index is 1.60. The molecule has 34 heavy (non-hydrogen) atoms. The summed E-state index contributed by atoms with van der Waals surface area (Å²) in [5, 5.41) is 4.56. The van der Waals surface area contributed by atoms with Crippen molar-refractivity contribution in [1.29, 1.82) is 0 Å². The van der Waals surface area contributed by atoms with Gasteiger partial charge in [-0.05, 0) is 67.7 Å². The number of aromatic nitrogens is 1. The van der Waals surface area contributed by atoms with E-state index in [2.05, 4.69) is 41.4 Å². The van der Waals surface area contributed by atoms with Crippen molar-refractivity contribution >= 4 is 21.6 Å². The summed E-state index contributed by atoms with van der Waals surface area (Å²) in [5.41, 5.74) is 10.7. The quantitative estimate of drug-likeness (QED) is 0.414. The average Bonchev–Trinajstić information content (AvgIpc) is 3.30. The zero-order valence-electron chi connectivity index (χ0n) is 20.5. The minimum Gasteiger partial charge on any atom is -0.493 e. The summed E-state index contributed by atoms with van der Waals surface area (Å²) < 4.78 is 12.2. The Hall–Kier alpha value is -2.77. The number of nitrogens with two attached hydrogens (primary N) is 1. The van der Waals surface area contributed by atoms with Gasteiger partial charge in [-0.2, -0.15) is 0 Å². The molecule has 0 spiro atoms. The zero-order valence-corrected chi connectivity index (χ0v) is 21.3. The van der Waals surface area contributed by atoms with Gasteiger partial charge in [0.05, 0.1) is 24.4 Å². The van der Waals surface area contributed by atoms with Gasteiger partial charge in [-0.1, -0.05) is 25.5 Å². The van der Waals surface area contributed by atoms with Gasteiger partial charge >= 0.3 is 0 Å². The molecule has 2 aromatic carbocycles. The van der Waals surface area contributed by atoms with E-state index in [1.807, 2.05) is 18.3 Å².